The van der Waals surface area contributed by atoms with Gasteiger partial charge in [0, 0.05) is 12.4 Å². The fraction of sp³-hybridized carbons (Fsp3) is 0.364. The quantitative estimate of drug-likeness (QED) is 0.857. The average molecular weight is 257 g/mol. The van der Waals surface area contributed by atoms with Gasteiger partial charge in [-0.15, -0.1) is 0 Å². The number of carbonyl (C=O) groups is 2. The highest BCUT2D eigenvalue weighted by Gasteiger charge is 2.24. The number of aliphatic carboxylic acids is 1. The Labute approximate surface area is 104 Å². The van der Waals surface area contributed by atoms with E-state index >= 15 is 0 Å². The molecule has 0 aliphatic carbocycles. The van der Waals surface area contributed by atoms with E-state index in [9.17, 15) is 9.59 Å². The molecule has 1 amide bonds. The van der Waals surface area contributed by atoms with E-state index in [2.05, 4.69) is 10.3 Å². The topological polar surface area (TPSA) is 79.3 Å². The molecule has 0 radical (unpaired) electrons. The van der Waals surface area contributed by atoms with Crippen molar-refractivity contribution >= 4 is 23.5 Å². The normalized spacial score (nSPS) is 12.2. The van der Waals surface area contributed by atoms with Gasteiger partial charge in [-0.3, -0.25) is 9.78 Å². The minimum absolute atomic E-state index is 0.192. The largest absolute Gasteiger partial charge is 0.480 e. The van der Waals surface area contributed by atoms with Gasteiger partial charge in [-0.1, -0.05) is 25.4 Å². The molecule has 0 aliphatic rings. The first-order valence-electron chi connectivity index (χ1n) is 5.06. The molecule has 0 unspecified atom stereocenters. The van der Waals surface area contributed by atoms with Crippen molar-refractivity contribution in [1.29, 1.82) is 0 Å². The van der Waals surface area contributed by atoms with E-state index in [1.807, 2.05) is 0 Å². The van der Waals surface area contributed by atoms with Crippen LogP contribution in [0.3, 0.4) is 0 Å². The molecular formula is C11H13ClN2O3. The molecule has 1 aromatic heterocycles. The highest BCUT2D eigenvalue weighted by Crippen LogP contribution is 2.14. The lowest BCUT2D eigenvalue weighted by atomic mass is 10.0. The Morgan fingerprint density at radius 2 is 2.12 bits per heavy atom. The van der Waals surface area contributed by atoms with Gasteiger partial charge in [0.05, 0.1) is 10.6 Å². The third kappa shape index (κ3) is 3.42. The van der Waals surface area contributed by atoms with E-state index in [4.69, 9.17) is 16.7 Å². The van der Waals surface area contributed by atoms with Crippen LogP contribution in [0.25, 0.3) is 0 Å². The van der Waals surface area contributed by atoms with Crippen molar-refractivity contribution in [2.45, 2.75) is 19.9 Å². The standard InChI is InChI=1S/C11H13ClN2O3/c1-6(2)9(11(16)17)14-10(15)7-3-4-13-5-8(7)12/h3-6,9H,1-2H3,(H,14,15)(H,16,17)/t9-/m0/s1. The number of carboxylic acid groups (broad SMARTS) is 1. The maximum Gasteiger partial charge on any atom is 0.326 e. The van der Waals surface area contributed by atoms with Crippen molar-refractivity contribution in [2.24, 2.45) is 5.92 Å². The van der Waals surface area contributed by atoms with Crippen LogP contribution in [0.5, 0.6) is 0 Å². The van der Waals surface area contributed by atoms with E-state index < -0.39 is 17.9 Å². The SMILES string of the molecule is CC(C)[C@H](NC(=O)c1ccncc1Cl)C(=O)O. The number of aromatic nitrogens is 1. The average Bonchev–Trinajstić information content (AvgIpc) is 2.25. The second-order valence-corrected chi connectivity index (χ2v) is 4.30. The molecule has 5 nitrogen and oxygen atoms in total. The summed E-state index contributed by atoms with van der Waals surface area (Å²) in [6, 6.07) is 0.503. The molecule has 0 bridgehead atoms. The summed E-state index contributed by atoms with van der Waals surface area (Å²) in [7, 11) is 0. The maximum absolute atomic E-state index is 11.8. The van der Waals surface area contributed by atoms with Crippen LogP contribution in [0, 0.1) is 5.92 Å². The Bertz CT molecular complexity index is 434. The number of nitrogens with zero attached hydrogens (tertiary/aromatic N) is 1. The zero-order chi connectivity index (χ0) is 13.0. The highest BCUT2D eigenvalue weighted by atomic mass is 35.5. The van der Waals surface area contributed by atoms with Gasteiger partial charge >= 0.3 is 5.97 Å². The van der Waals surface area contributed by atoms with Gasteiger partial charge in [-0.05, 0) is 12.0 Å². The third-order valence-corrected chi connectivity index (χ3v) is 2.54. The number of rotatable bonds is 4. The van der Waals surface area contributed by atoms with Gasteiger partial charge in [0.2, 0.25) is 0 Å². The third-order valence-electron chi connectivity index (χ3n) is 2.24. The zero-order valence-electron chi connectivity index (χ0n) is 9.48. The van der Waals surface area contributed by atoms with Gasteiger partial charge in [-0.2, -0.15) is 0 Å². The Morgan fingerprint density at radius 1 is 1.47 bits per heavy atom. The molecule has 17 heavy (non-hydrogen) atoms. The number of amides is 1. The van der Waals surface area contributed by atoms with E-state index in [1.165, 1.54) is 18.5 Å². The molecule has 0 aliphatic heterocycles. The van der Waals surface area contributed by atoms with Crippen LogP contribution in [0.1, 0.15) is 24.2 Å². The summed E-state index contributed by atoms with van der Waals surface area (Å²) in [4.78, 5) is 26.5. The fourth-order valence-electron chi connectivity index (χ4n) is 1.29. The summed E-state index contributed by atoms with van der Waals surface area (Å²) in [5.41, 5.74) is 0.216. The van der Waals surface area contributed by atoms with Crippen LogP contribution in [0.4, 0.5) is 0 Å². The number of nitrogens with one attached hydrogen (secondary N) is 1. The smallest absolute Gasteiger partial charge is 0.326 e. The number of hydrogen-bond donors (Lipinski definition) is 2. The van der Waals surface area contributed by atoms with E-state index in [0.717, 1.165) is 0 Å². The predicted octanol–water partition coefficient (Wildman–Crippen LogP) is 1.57. The van der Waals surface area contributed by atoms with Crippen LogP contribution in [0.15, 0.2) is 18.5 Å². The molecular weight excluding hydrogens is 244 g/mol. The molecule has 1 heterocycles. The van der Waals surface area contributed by atoms with Crippen LogP contribution in [-0.2, 0) is 4.79 Å². The number of halogens is 1. The molecule has 0 saturated carbocycles. The first kappa shape index (κ1) is 13.4. The lowest BCUT2D eigenvalue weighted by molar-refractivity contribution is -0.140. The van der Waals surface area contributed by atoms with Crippen LogP contribution >= 0.6 is 11.6 Å². The summed E-state index contributed by atoms with van der Waals surface area (Å²) >= 11 is 5.79. The van der Waals surface area contributed by atoms with Gasteiger partial charge in [0.15, 0.2) is 0 Å². The van der Waals surface area contributed by atoms with Gasteiger partial charge < -0.3 is 10.4 Å². The first-order valence-corrected chi connectivity index (χ1v) is 5.44. The van der Waals surface area contributed by atoms with E-state index in [0.29, 0.717) is 0 Å². The minimum Gasteiger partial charge on any atom is -0.480 e. The fourth-order valence-corrected chi connectivity index (χ4v) is 1.50. The van der Waals surface area contributed by atoms with Crippen molar-refractivity contribution in [1.82, 2.24) is 10.3 Å². The Hall–Kier alpha value is -1.62. The lowest BCUT2D eigenvalue weighted by Gasteiger charge is -2.18. The molecule has 0 saturated heterocycles. The number of hydrogen-bond acceptors (Lipinski definition) is 3. The molecule has 1 aromatic rings. The van der Waals surface area contributed by atoms with Crippen LogP contribution < -0.4 is 5.32 Å². The van der Waals surface area contributed by atoms with Crippen molar-refractivity contribution in [3.05, 3.63) is 29.0 Å². The van der Waals surface area contributed by atoms with Crippen molar-refractivity contribution in [3.8, 4) is 0 Å². The monoisotopic (exact) mass is 256 g/mol. The highest BCUT2D eigenvalue weighted by molar-refractivity contribution is 6.33. The first-order chi connectivity index (χ1) is 7.93. The molecule has 0 spiro atoms. The summed E-state index contributed by atoms with van der Waals surface area (Å²) in [6.07, 6.45) is 2.76. The van der Waals surface area contributed by atoms with E-state index in [1.54, 1.807) is 13.8 Å². The van der Waals surface area contributed by atoms with Crippen molar-refractivity contribution in [2.75, 3.05) is 0 Å². The number of carboxylic acids is 1. The van der Waals surface area contributed by atoms with Gasteiger partial charge in [0.25, 0.3) is 5.91 Å². The summed E-state index contributed by atoms with van der Waals surface area (Å²) in [6.45, 7) is 3.43. The Balaban J connectivity index is 2.85. The Morgan fingerprint density at radius 3 is 2.59 bits per heavy atom. The second-order valence-electron chi connectivity index (χ2n) is 3.89. The molecule has 6 heteroatoms. The summed E-state index contributed by atoms with van der Waals surface area (Å²) < 4.78 is 0. The maximum atomic E-state index is 11.8. The molecule has 0 aromatic carbocycles. The Kier molecular flexibility index (Phi) is 4.45. The summed E-state index contributed by atoms with van der Waals surface area (Å²) in [5, 5.41) is 11.6. The van der Waals surface area contributed by atoms with Crippen molar-refractivity contribution in [3.63, 3.8) is 0 Å². The zero-order valence-corrected chi connectivity index (χ0v) is 10.2. The molecule has 0 fully saturated rings. The molecule has 1 atom stereocenters. The minimum atomic E-state index is -1.07. The van der Waals surface area contributed by atoms with Crippen molar-refractivity contribution < 1.29 is 14.7 Å². The van der Waals surface area contributed by atoms with Crippen LogP contribution in [0.2, 0.25) is 5.02 Å². The van der Waals surface area contributed by atoms with Gasteiger partial charge in [-0.25, -0.2) is 4.79 Å². The van der Waals surface area contributed by atoms with Gasteiger partial charge in [0.1, 0.15) is 6.04 Å². The predicted molar refractivity (Wildman–Crippen MR) is 63.0 cm³/mol. The summed E-state index contributed by atoms with van der Waals surface area (Å²) in [5.74, 6) is -1.80. The van der Waals surface area contributed by atoms with Crippen LogP contribution in [-0.4, -0.2) is 28.0 Å². The van der Waals surface area contributed by atoms with E-state index in [-0.39, 0.29) is 16.5 Å². The molecule has 2 N–H and O–H groups in total. The lowest BCUT2D eigenvalue weighted by Crippen LogP contribution is -2.44. The molecule has 1 rings (SSSR count). The number of pyridine rings is 1. The molecule has 92 valence electrons. The second kappa shape index (κ2) is 5.63. The number of carbonyl (C=O) groups excluding carboxylic acids is 1.